The number of alkyl halides is 1. The highest BCUT2D eigenvalue weighted by molar-refractivity contribution is 9.09. The molecule has 0 fully saturated rings. The first-order valence-corrected chi connectivity index (χ1v) is 6.50. The van der Waals surface area contributed by atoms with E-state index < -0.39 is 5.97 Å². The molecule has 0 amide bonds. The Morgan fingerprint density at radius 3 is 2.61 bits per heavy atom. The Hall–Kier alpha value is -1.43. The van der Waals surface area contributed by atoms with Crippen molar-refractivity contribution in [1.82, 2.24) is 0 Å². The molecule has 0 atom stereocenters. The lowest BCUT2D eigenvalue weighted by atomic mass is 10.1. The number of esters is 1. The summed E-state index contributed by atoms with van der Waals surface area (Å²) < 4.78 is 15.3. The molecule has 0 saturated heterocycles. The monoisotopic (exact) mass is 317 g/mol. The fourth-order valence-corrected chi connectivity index (χ4v) is 1.60. The van der Waals surface area contributed by atoms with E-state index in [9.17, 15) is 4.79 Å². The lowest BCUT2D eigenvalue weighted by Gasteiger charge is -2.13. The van der Waals surface area contributed by atoms with Gasteiger partial charge in [0.2, 0.25) is 0 Å². The summed E-state index contributed by atoms with van der Waals surface area (Å²) in [6.45, 7) is 0.540. The van der Waals surface area contributed by atoms with Crippen LogP contribution >= 0.6 is 15.9 Å². The number of halogens is 1. The molecule has 0 saturated carbocycles. The Balaban J connectivity index is 2.99. The molecule has 6 heteroatoms. The molecule has 0 radical (unpaired) electrons. The van der Waals surface area contributed by atoms with E-state index in [0.717, 1.165) is 11.8 Å². The van der Waals surface area contributed by atoms with Gasteiger partial charge < -0.3 is 19.9 Å². The summed E-state index contributed by atoms with van der Waals surface area (Å²) in [7, 11) is 2.80. The molecule has 5 nitrogen and oxygen atoms in total. The number of benzene rings is 1. The maximum absolute atomic E-state index is 11.5. The molecule has 0 aliphatic carbocycles. The van der Waals surface area contributed by atoms with E-state index in [1.165, 1.54) is 20.3 Å². The van der Waals surface area contributed by atoms with Gasteiger partial charge in [-0.05, 0) is 6.42 Å². The average Bonchev–Trinajstić information content (AvgIpc) is 2.38. The number of carbonyl (C=O) groups is 1. The highest BCUT2D eigenvalue weighted by atomic mass is 79.9. The van der Waals surface area contributed by atoms with Gasteiger partial charge in [0.15, 0.2) is 11.5 Å². The predicted octanol–water partition coefficient (Wildman–Crippen LogP) is 2.23. The van der Waals surface area contributed by atoms with E-state index in [-0.39, 0.29) is 5.56 Å². The Bertz CT molecular complexity index is 423. The first kappa shape index (κ1) is 14.6. The van der Waals surface area contributed by atoms with Crippen LogP contribution in [0, 0.1) is 0 Å². The van der Waals surface area contributed by atoms with Gasteiger partial charge in [0.25, 0.3) is 0 Å². The van der Waals surface area contributed by atoms with Crippen molar-refractivity contribution in [2.75, 3.05) is 31.9 Å². The number of hydrogen-bond acceptors (Lipinski definition) is 5. The summed E-state index contributed by atoms with van der Waals surface area (Å²) >= 11 is 3.32. The molecule has 0 bridgehead atoms. The quantitative estimate of drug-likeness (QED) is 0.377. The molecule has 2 N–H and O–H groups in total. The van der Waals surface area contributed by atoms with E-state index in [2.05, 4.69) is 20.7 Å². The van der Waals surface area contributed by atoms with Crippen LogP contribution in [0.1, 0.15) is 16.8 Å². The van der Waals surface area contributed by atoms with Crippen LogP contribution in [0.5, 0.6) is 11.5 Å². The summed E-state index contributed by atoms with van der Waals surface area (Å²) in [6.07, 6.45) is 0.863. The summed E-state index contributed by atoms with van der Waals surface area (Å²) in [4.78, 5) is 11.5. The Kier molecular flexibility index (Phi) is 5.77. The molecule has 0 unspecified atom stereocenters. The molecule has 1 aromatic carbocycles. The molecule has 0 heterocycles. The summed E-state index contributed by atoms with van der Waals surface area (Å²) in [5.41, 5.74) is 6.35. The van der Waals surface area contributed by atoms with Crippen LogP contribution < -0.4 is 15.2 Å². The number of methoxy groups -OCH3 is 2. The van der Waals surface area contributed by atoms with Crippen LogP contribution in [-0.2, 0) is 4.74 Å². The zero-order valence-electron chi connectivity index (χ0n) is 10.4. The SMILES string of the molecule is COC(=O)c1cc(OC)c(OCCCBr)cc1N. The molecular weight excluding hydrogens is 302 g/mol. The van der Waals surface area contributed by atoms with Crippen molar-refractivity contribution in [3.63, 3.8) is 0 Å². The fourth-order valence-electron chi connectivity index (χ4n) is 1.37. The average molecular weight is 318 g/mol. The molecule has 0 aliphatic heterocycles. The molecule has 0 spiro atoms. The second kappa shape index (κ2) is 7.10. The Morgan fingerprint density at radius 2 is 2.06 bits per heavy atom. The number of rotatable bonds is 6. The number of nitrogen functional groups attached to an aromatic ring is 1. The molecule has 0 aromatic heterocycles. The van der Waals surface area contributed by atoms with E-state index in [0.29, 0.717) is 23.8 Å². The zero-order chi connectivity index (χ0) is 13.5. The van der Waals surface area contributed by atoms with E-state index in [4.69, 9.17) is 15.2 Å². The first-order valence-electron chi connectivity index (χ1n) is 5.38. The van der Waals surface area contributed by atoms with Gasteiger partial charge in [-0.3, -0.25) is 0 Å². The first-order chi connectivity index (χ1) is 8.63. The molecular formula is C12H16BrNO4. The van der Waals surface area contributed by atoms with Crippen molar-refractivity contribution in [1.29, 1.82) is 0 Å². The minimum atomic E-state index is -0.502. The van der Waals surface area contributed by atoms with Crippen LogP contribution in [0.25, 0.3) is 0 Å². The van der Waals surface area contributed by atoms with Gasteiger partial charge in [0.05, 0.1) is 32.1 Å². The smallest absolute Gasteiger partial charge is 0.340 e. The van der Waals surface area contributed by atoms with Crippen molar-refractivity contribution in [3.8, 4) is 11.5 Å². The minimum absolute atomic E-state index is 0.266. The minimum Gasteiger partial charge on any atom is -0.493 e. The van der Waals surface area contributed by atoms with Gasteiger partial charge in [-0.2, -0.15) is 0 Å². The molecule has 0 aliphatic rings. The van der Waals surface area contributed by atoms with E-state index in [1.54, 1.807) is 6.07 Å². The summed E-state index contributed by atoms with van der Waals surface area (Å²) in [5, 5.41) is 0.852. The number of nitrogens with two attached hydrogens (primary N) is 1. The highest BCUT2D eigenvalue weighted by Crippen LogP contribution is 2.32. The van der Waals surface area contributed by atoms with Gasteiger partial charge in [-0.25, -0.2) is 4.79 Å². The number of carbonyl (C=O) groups excluding carboxylic acids is 1. The lowest BCUT2D eigenvalue weighted by Crippen LogP contribution is -2.08. The second-order valence-electron chi connectivity index (χ2n) is 3.47. The third-order valence-electron chi connectivity index (χ3n) is 2.28. The summed E-state index contributed by atoms with van der Waals surface area (Å²) in [5.74, 6) is 0.473. The number of ether oxygens (including phenoxy) is 3. The highest BCUT2D eigenvalue weighted by Gasteiger charge is 2.15. The van der Waals surface area contributed by atoms with Gasteiger partial charge in [-0.15, -0.1) is 0 Å². The van der Waals surface area contributed by atoms with Crippen molar-refractivity contribution < 1.29 is 19.0 Å². The number of hydrogen-bond donors (Lipinski definition) is 1. The van der Waals surface area contributed by atoms with Crippen molar-refractivity contribution >= 4 is 27.6 Å². The van der Waals surface area contributed by atoms with Crippen LogP contribution in [0.2, 0.25) is 0 Å². The van der Waals surface area contributed by atoms with Gasteiger partial charge >= 0.3 is 5.97 Å². The van der Waals surface area contributed by atoms with Crippen molar-refractivity contribution in [3.05, 3.63) is 17.7 Å². The predicted molar refractivity (Wildman–Crippen MR) is 72.7 cm³/mol. The fraction of sp³-hybridized carbons (Fsp3) is 0.417. The van der Waals surface area contributed by atoms with Crippen LogP contribution in [-0.4, -0.2) is 32.1 Å². The largest absolute Gasteiger partial charge is 0.493 e. The van der Waals surface area contributed by atoms with Crippen LogP contribution in [0.3, 0.4) is 0 Å². The van der Waals surface area contributed by atoms with Crippen LogP contribution in [0.15, 0.2) is 12.1 Å². The molecule has 18 heavy (non-hydrogen) atoms. The normalized spacial score (nSPS) is 9.94. The maximum atomic E-state index is 11.5. The third kappa shape index (κ3) is 3.53. The molecule has 100 valence electrons. The standard InChI is InChI=1S/C12H16BrNO4/c1-16-10-6-8(12(15)17-2)9(14)7-11(10)18-5-3-4-13/h6-7H,3-5,14H2,1-2H3. The van der Waals surface area contributed by atoms with E-state index in [1.807, 2.05) is 0 Å². The summed E-state index contributed by atoms with van der Waals surface area (Å²) in [6, 6.07) is 3.09. The topological polar surface area (TPSA) is 70.8 Å². The van der Waals surface area contributed by atoms with Gasteiger partial charge in [0, 0.05) is 17.5 Å². The second-order valence-corrected chi connectivity index (χ2v) is 4.27. The zero-order valence-corrected chi connectivity index (χ0v) is 12.0. The maximum Gasteiger partial charge on any atom is 0.340 e. The van der Waals surface area contributed by atoms with Crippen molar-refractivity contribution in [2.45, 2.75) is 6.42 Å². The van der Waals surface area contributed by atoms with Gasteiger partial charge in [-0.1, -0.05) is 15.9 Å². The Morgan fingerprint density at radius 1 is 1.33 bits per heavy atom. The van der Waals surface area contributed by atoms with Crippen LogP contribution in [0.4, 0.5) is 5.69 Å². The Labute approximate surface area is 114 Å². The van der Waals surface area contributed by atoms with Crippen molar-refractivity contribution in [2.24, 2.45) is 0 Å². The third-order valence-corrected chi connectivity index (χ3v) is 2.84. The lowest BCUT2D eigenvalue weighted by molar-refractivity contribution is 0.0601. The number of anilines is 1. The molecule has 1 aromatic rings. The van der Waals surface area contributed by atoms with Gasteiger partial charge in [0.1, 0.15) is 0 Å². The van der Waals surface area contributed by atoms with E-state index >= 15 is 0 Å². The molecule has 1 rings (SSSR count).